The number of aryl methyl sites for hydroxylation is 1. The topological polar surface area (TPSA) is 113 Å². The van der Waals surface area contributed by atoms with Crippen LogP contribution in [0.15, 0.2) is 59.4 Å². The number of hydrogen-bond acceptors (Lipinski definition) is 5. The molecule has 0 aliphatic carbocycles. The number of aromatic carboxylic acids is 1. The zero-order chi connectivity index (χ0) is 24.9. The molecule has 1 aliphatic heterocycles. The van der Waals surface area contributed by atoms with Crippen molar-refractivity contribution < 1.29 is 14.7 Å². The molecule has 8 nitrogen and oxygen atoms in total. The summed E-state index contributed by atoms with van der Waals surface area (Å²) in [7, 11) is 1.67. The molecule has 0 spiro atoms. The Labute approximate surface area is 201 Å². The zero-order valence-corrected chi connectivity index (χ0v) is 19.5. The number of rotatable bonds is 5. The number of anilines is 1. The Morgan fingerprint density at radius 1 is 1.14 bits per heavy atom. The highest BCUT2D eigenvalue weighted by atomic mass is 16.4. The number of amides is 1. The van der Waals surface area contributed by atoms with E-state index < -0.39 is 5.97 Å². The largest absolute Gasteiger partial charge is 0.478 e. The van der Waals surface area contributed by atoms with Crippen LogP contribution in [0.3, 0.4) is 0 Å². The summed E-state index contributed by atoms with van der Waals surface area (Å²) < 4.78 is 1.50. The summed E-state index contributed by atoms with van der Waals surface area (Å²) >= 11 is 0. The molecule has 5 rings (SSSR count). The molecule has 4 aromatic rings. The first-order chi connectivity index (χ1) is 16.7. The molecular weight excluding hydrogens is 444 g/mol. The summed E-state index contributed by atoms with van der Waals surface area (Å²) in [6.07, 6.45) is 0. The van der Waals surface area contributed by atoms with Crippen molar-refractivity contribution in [1.29, 1.82) is 0 Å². The van der Waals surface area contributed by atoms with E-state index in [0.29, 0.717) is 40.1 Å². The molecule has 1 amide bonds. The van der Waals surface area contributed by atoms with Crippen LogP contribution in [-0.2, 0) is 13.6 Å². The predicted molar refractivity (Wildman–Crippen MR) is 134 cm³/mol. The van der Waals surface area contributed by atoms with Crippen LogP contribution in [0.4, 0.5) is 5.69 Å². The number of fused-ring (bicyclic) bond motifs is 2. The normalized spacial score (nSPS) is 13.4. The number of carboxylic acids is 1. The van der Waals surface area contributed by atoms with Crippen LogP contribution >= 0.6 is 0 Å². The van der Waals surface area contributed by atoms with Gasteiger partial charge in [-0.3, -0.25) is 14.2 Å². The maximum absolute atomic E-state index is 13.4. The van der Waals surface area contributed by atoms with E-state index in [9.17, 15) is 19.5 Å². The molecule has 0 radical (unpaired) electrons. The molecule has 0 fully saturated rings. The van der Waals surface area contributed by atoms with Crippen LogP contribution in [0.5, 0.6) is 0 Å². The van der Waals surface area contributed by atoms with Gasteiger partial charge in [-0.05, 0) is 49.2 Å². The fourth-order valence-electron chi connectivity index (χ4n) is 4.60. The Balaban J connectivity index is 1.67. The van der Waals surface area contributed by atoms with Gasteiger partial charge in [0, 0.05) is 36.0 Å². The number of aromatic nitrogens is 2. The molecule has 1 aromatic heterocycles. The van der Waals surface area contributed by atoms with Gasteiger partial charge in [0.15, 0.2) is 0 Å². The summed E-state index contributed by atoms with van der Waals surface area (Å²) in [4.78, 5) is 42.1. The van der Waals surface area contributed by atoms with E-state index >= 15 is 0 Å². The molecule has 0 bridgehead atoms. The SMILES string of the molecule is Cc1cc([C@@H](C)Nc2ccccc2C(=O)O)c2nc(-c3ccc4c(c3)C(=O)NC4)n(C)c(=O)c2c1. The second-order valence-corrected chi connectivity index (χ2v) is 8.82. The number of nitrogens with one attached hydrogen (secondary N) is 2. The Morgan fingerprint density at radius 2 is 1.91 bits per heavy atom. The van der Waals surface area contributed by atoms with Crippen LogP contribution < -0.4 is 16.2 Å². The van der Waals surface area contributed by atoms with Gasteiger partial charge in [0.05, 0.1) is 22.5 Å². The minimum absolute atomic E-state index is 0.140. The Kier molecular flexibility index (Phi) is 5.36. The van der Waals surface area contributed by atoms with E-state index in [2.05, 4.69) is 10.6 Å². The fraction of sp³-hybridized carbons (Fsp3) is 0.185. The van der Waals surface area contributed by atoms with Crippen LogP contribution in [0.1, 0.15) is 50.4 Å². The lowest BCUT2D eigenvalue weighted by Gasteiger charge is -2.20. The third kappa shape index (κ3) is 3.82. The third-order valence-corrected chi connectivity index (χ3v) is 6.40. The van der Waals surface area contributed by atoms with Gasteiger partial charge in [0.25, 0.3) is 11.5 Å². The summed E-state index contributed by atoms with van der Waals surface area (Å²) in [5.41, 5.74) is 4.83. The first-order valence-electron chi connectivity index (χ1n) is 11.3. The monoisotopic (exact) mass is 468 g/mol. The number of carboxylic acid groups (broad SMARTS) is 1. The Hall–Kier alpha value is -4.46. The number of carbonyl (C=O) groups excluding carboxylic acids is 1. The molecule has 0 saturated heterocycles. The van der Waals surface area contributed by atoms with Crippen molar-refractivity contribution in [2.24, 2.45) is 7.05 Å². The summed E-state index contributed by atoms with van der Waals surface area (Å²) in [6.45, 7) is 4.31. The molecule has 35 heavy (non-hydrogen) atoms. The molecule has 2 heterocycles. The second-order valence-electron chi connectivity index (χ2n) is 8.82. The van der Waals surface area contributed by atoms with E-state index in [-0.39, 0.29) is 23.1 Å². The number of para-hydroxylation sites is 1. The van der Waals surface area contributed by atoms with Gasteiger partial charge in [-0.25, -0.2) is 9.78 Å². The van der Waals surface area contributed by atoms with Crippen molar-refractivity contribution in [2.75, 3.05) is 5.32 Å². The van der Waals surface area contributed by atoms with Crippen molar-refractivity contribution in [1.82, 2.24) is 14.9 Å². The van der Waals surface area contributed by atoms with Crippen molar-refractivity contribution in [3.05, 3.63) is 92.8 Å². The minimum Gasteiger partial charge on any atom is -0.478 e. The van der Waals surface area contributed by atoms with E-state index in [1.54, 1.807) is 37.4 Å². The first-order valence-corrected chi connectivity index (χ1v) is 11.3. The van der Waals surface area contributed by atoms with Crippen molar-refractivity contribution in [3.63, 3.8) is 0 Å². The van der Waals surface area contributed by atoms with Crippen LogP contribution in [0, 0.1) is 6.92 Å². The lowest BCUT2D eigenvalue weighted by molar-refractivity contribution is 0.0697. The second kappa shape index (κ2) is 8.39. The predicted octanol–water partition coefficient (Wildman–Crippen LogP) is 4.02. The Morgan fingerprint density at radius 3 is 2.69 bits per heavy atom. The molecule has 0 saturated carbocycles. The maximum Gasteiger partial charge on any atom is 0.337 e. The van der Waals surface area contributed by atoms with Gasteiger partial charge in [-0.2, -0.15) is 0 Å². The van der Waals surface area contributed by atoms with Gasteiger partial charge < -0.3 is 15.7 Å². The molecule has 1 atom stereocenters. The molecule has 0 unspecified atom stereocenters. The average molecular weight is 469 g/mol. The maximum atomic E-state index is 13.4. The average Bonchev–Trinajstić information content (AvgIpc) is 3.21. The quantitative estimate of drug-likeness (QED) is 0.408. The molecule has 3 N–H and O–H groups in total. The highest BCUT2D eigenvalue weighted by Gasteiger charge is 2.22. The van der Waals surface area contributed by atoms with E-state index in [1.165, 1.54) is 4.57 Å². The minimum atomic E-state index is -1.02. The molecule has 1 aliphatic rings. The third-order valence-electron chi connectivity index (χ3n) is 6.40. The van der Waals surface area contributed by atoms with Crippen LogP contribution in [0.2, 0.25) is 0 Å². The van der Waals surface area contributed by atoms with Crippen molar-refractivity contribution in [3.8, 4) is 11.4 Å². The Bertz CT molecular complexity index is 1590. The van der Waals surface area contributed by atoms with Gasteiger partial charge in [-0.15, -0.1) is 0 Å². The van der Waals surface area contributed by atoms with Crippen molar-refractivity contribution in [2.45, 2.75) is 26.4 Å². The van der Waals surface area contributed by atoms with Gasteiger partial charge in [0.2, 0.25) is 0 Å². The smallest absolute Gasteiger partial charge is 0.337 e. The first kappa shape index (κ1) is 22.3. The summed E-state index contributed by atoms with van der Waals surface area (Å²) in [5.74, 6) is -0.712. The molecular formula is C27H24N4O4. The number of nitrogens with zero attached hydrogens (tertiary/aromatic N) is 2. The van der Waals surface area contributed by atoms with E-state index in [4.69, 9.17) is 4.98 Å². The molecule has 3 aromatic carbocycles. The van der Waals surface area contributed by atoms with Gasteiger partial charge in [0.1, 0.15) is 5.82 Å². The highest BCUT2D eigenvalue weighted by Crippen LogP contribution is 2.30. The number of benzene rings is 3. The van der Waals surface area contributed by atoms with Gasteiger partial charge >= 0.3 is 5.97 Å². The summed E-state index contributed by atoms with van der Waals surface area (Å²) in [6, 6.07) is 15.6. The number of carbonyl (C=O) groups is 2. The van der Waals surface area contributed by atoms with Crippen LogP contribution in [-0.4, -0.2) is 26.5 Å². The fourth-order valence-corrected chi connectivity index (χ4v) is 4.60. The highest BCUT2D eigenvalue weighted by molar-refractivity contribution is 5.99. The van der Waals surface area contributed by atoms with E-state index in [1.807, 2.05) is 38.1 Å². The molecule has 176 valence electrons. The standard InChI is InChI=1S/C27H24N4O4/c1-14-10-19(15(2)29-22-7-5-4-6-18(22)27(34)35)23-21(11-14)26(33)31(3)24(30-23)16-8-9-17-13-28-25(32)20(17)12-16/h4-12,15,29H,13H2,1-3H3,(H,28,32)(H,34,35)/t15-/m1/s1. The van der Waals surface area contributed by atoms with Crippen molar-refractivity contribution >= 4 is 28.5 Å². The number of hydrogen-bond donors (Lipinski definition) is 3. The lowest BCUT2D eigenvalue weighted by Crippen LogP contribution is -2.22. The summed E-state index contributed by atoms with van der Waals surface area (Å²) in [5, 5.41) is 16.1. The molecule has 8 heteroatoms. The van der Waals surface area contributed by atoms with E-state index in [0.717, 1.165) is 16.7 Å². The lowest BCUT2D eigenvalue weighted by atomic mass is 10.00. The van der Waals surface area contributed by atoms with Crippen LogP contribution in [0.25, 0.3) is 22.3 Å². The van der Waals surface area contributed by atoms with Gasteiger partial charge in [-0.1, -0.05) is 30.3 Å². The zero-order valence-electron chi connectivity index (χ0n) is 19.5.